The van der Waals surface area contributed by atoms with Crippen molar-refractivity contribution < 1.29 is 19.1 Å². The Morgan fingerprint density at radius 1 is 0.500 bits per heavy atom. The molecule has 54 heavy (non-hydrogen) atoms. The molecule has 0 fully saturated rings. The Morgan fingerprint density at radius 2 is 0.926 bits per heavy atom. The zero-order valence-corrected chi connectivity index (χ0v) is 36.8. The molecule has 0 aromatic rings. The molecule has 318 valence electrons. The van der Waals surface area contributed by atoms with Gasteiger partial charge in [0, 0.05) is 12.8 Å². The lowest BCUT2D eigenvalue weighted by Gasteiger charge is -2.22. The number of unbranched alkanes of at least 4 members (excludes halogenated alkanes) is 22. The summed E-state index contributed by atoms with van der Waals surface area (Å²) in [5, 5.41) is 9.07. The van der Waals surface area contributed by atoms with E-state index in [0.717, 1.165) is 96.7 Å². The van der Waals surface area contributed by atoms with Crippen molar-refractivity contribution in [2.24, 2.45) is 11.8 Å². The summed E-state index contributed by atoms with van der Waals surface area (Å²) < 4.78 is 11.6. The van der Waals surface area contributed by atoms with Crippen LogP contribution in [-0.2, 0) is 19.1 Å². The van der Waals surface area contributed by atoms with Gasteiger partial charge in [0.2, 0.25) is 0 Å². The number of rotatable bonds is 43. The average molecular weight is 761 g/mol. The SMILES string of the molecule is CCCCCCCCC(CCCCCC)COC(=O)CCCCCN(CCCC#N)CCCCCCOC(=O)C(CCCCCC)CCCCCCCC. The molecular formula is C48H92N2O4. The van der Waals surface area contributed by atoms with E-state index < -0.39 is 0 Å². The Kier molecular flexibility index (Phi) is 41.3. The summed E-state index contributed by atoms with van der Waals surface area (Å²) in [4.78, 5) is 28.1. The summed E-state index contributed by atoms with van der Waals surface area (Å²) in [6.45, 7) is 13.2. The van der Waals surface area contributed by atoms with Crippen LogP contribution in [0.15, 0.2) is 0 Å². The molecule has 0 aromatic heterocycles. The number of ether oxygens (including phenoxy) is 2. The van der Waals surface area contributed by atoms with E-state index in [1.165, 1.54) is 128 Å². The zero-order chi connectivity index (χ0) is 39.6. The molecule has 0 radical (unpaired) electrons. The molecule has 0 aliphatic carbocycles. The number of nitriles is 1. The van der Waals surface area contributed by atoms with Gasteiger partial charge in [0.1, 0.15) is 0 Å². The maximum absolute atomic E-state index is 13.0. The first-order chi connectivity index (χ1) is 26.5. The maximum atomic E-state index is 13.0. The van der Waals surface area contributed by atoms with Crippen molar-refractivity contribution in [1.82, 2.24) is 4.90 Å². The molecule has 2 unspecified atom stereocenters. The van der Waals surface area contributed by atoms with E-state index in [1.54, 1.807) is 0 Å². The van der Waals surface area contributed by atoms with Gasteiger partial charge in [-0.2, -0.15) is 5.26 Å². The van der Waals surface area contributed by atoms with E-state index in [2.05, 4.69) is 38.7 Å². The van der Waals surface area contributed by atoms with Crippen molar-refractivity contribution in [2.75, 3.05) is 32.8 Å². The zero-order valence-electron chi connectivity index (χ0n) is 36.8. The van der Waals surface area contributed by atoms with Gasteiger partial charge >= 0.3 is 11.9 Å². The maximum Gasteiger partial charge on any atom is 0.308 e. The summed E-state index contributed by atoms with van der Waals surface area (Å²) in [6, 6.07) is 2.30. The van der Waals surface area contributed by atoms with Gasteiger partial charge in [0.25, 0.3) is 0 Å². The molecule has 0 bridgehead atoms. The normalized spacial score (nSPS) is 12.5. The molecule has 0 aromatic carbocycles. The van der Waals surface area contributed by atoms with Crippen LogP contribution >= 0.6 is 0 Å². The molecular weight excluding hydrogens is 669 g/mol. The fraction of sp³-hybridized carbons (Fsp3) is 0.938. The number of carbonyl (C=O) groups excluding carboxylic acids is 2. The second-order valence-electron chi connectivity index (χ2n) is 16.6. The van der Waals surface area contributed by atoms with Crippen molar-refractivity contribution in [2.45, 2.75) is 246 Å². The van der Waals surface area contributed by atoms with Crippen LogP contribution in [0.25, 0.3) is 0 Å². The monoisotopic (exact) mass is 761 g/mol. The van der Waals surface area contributed by atoms with Crippen LogP contribution in [-0.4, -0.2) is 49.7 Å². The van der Waals surface area contributed by atoms with Crippen LogP contribution in [0.5, 0.6) is 0 Å². The molecule has 6 heteroatoms. The van der Waals surface area contributed by atoms with Crippen LogP contribution in [0.1, 0.15) is 246 Å². The van der Waals surface area contributed by atoms with Crippen LogP contribution in [0.4, 0.5) is 0 Å². The van der Waals surface area contributed by atoms with E-state index in [4.69, 9.17) is 14.7 Å². The second kappa shape index (κ2) is 42.5. The van der Waals surface area contributed by atoms with Gasteiger partial charge in [-0.05, 0) is 83.3 Å². The van der Waals surface area contributed by atoms with Crippen LogP contribution in [0.2, 0.25) is 0 Å². The number of nitrogens with zero attached hydrogens (tertiary/aromatic N) is 2. The minimum Gasteiger partial charge on any atom is -0.465 e. The fourth-order valence-electron chi connectivity index (χ4n) is 7.62. The summed E-state index contributed by atoms with van der Waals surface area (Å²) in [7, 11) is 0. The van der Waals surface area contributed by atoms with Gasteiger partial charge in [-0.15, -0.1) is 0 Å². The lowest BCUT2D eigenvalue weighted by Crippen LogP contribution is -2.27. The summed E-state index contributed by atoms with van der Waals surface area (Å²) in [5.74, 6) is 0.625. The van der Waals surface area contributed by atoms with Crippen LogP contribution in [0.3, 0.4) is 0 Å². The van der Waals surface area contributed by atoms with Crippen molar-refractivity contribution in [3.8, 4) is 6.07 Å². The molecule has 0 N–H and O–H groups in total. The van der Waals surface area contributed by atoms with Gasteiger partial charge in [-0.25, -0.2) is 0 Å². The summed E-state index contributed by atoms with van der Waals surface area (Å²) in [5.41, 5.74) is 0. The molecule has 0 amide bonds. The quantitative estimate of drug-likeness (QED) is 0.0455. The fourth-order valence-corrected chi connectivity index (χ4v) is 7.62. The Morgan fingerprint density at radius 3 is 1.46 bits per heavy atom. The molecule has 6 nitrogen and oxygen atoms in total. The number of hydrogen-bond acceptors (Lipinski definition) is 6. The molecule has 0 saturated carbocycles. The highest BCUT2D eigenvalue weighted by Crippen LogP contribution is 2.22. The lowest BCUT2D eigenvalue weighted by molar-refractivity contribution is -0.149. The van der Waals surface area contributed by atoms with Gasteiger partial charge < -0.3 is 14.4 Å². The first-order valence-electron chi connectivity index (χ1n) is 23.9. The summed E-state index contributed by atoms with van der Waals surface area (Å²) in [6.07, 6.45) is 39.1. The molecule has 0 saturated heterocycles. The average Bonchev–Trinajstić information content (AvgIpc) is 3.17. The number of hydrogen-bond donors (Lipinski definition) is 0. The minimum atomic E-state index is -0.0200. The number of carbonyl (C=O) groups is 2. The van der Waals surface area contributed by atoms with Crippen molar-refractivity contribution in [3.63, 3.8) is 0 Å². The smallest absolute Gasteiger partial charge is 0.308 e. The van der Waals surface area contributed by atoms with E-state index in [9.17, 15) is 9.59 Å². The van der Waals surface area contributed by atoms with Crippen molar-refractivity contribution >= 4 is 11.9 Å². The van der Waals surface area contributed by atoms with E-state index in [-0.39, 0.29) is 17.9 Å². The highest BCUT2D eigenvalue weighted by molar-refractivity contribution is 5.72. The van der Waals surface area contributed by atoms with Crippen molar-refractivity contribution in [1.29, 1.82) is 5.26 Å². The molecule has 0 spiro atoms. The molecule has 0 aliphatic heterocycles. The van der Waals surface area contributed by atoms with E-state index in [1.807, 2.05) is 0 Å². The van der Waals surface area contributed by atoms with E-state index in [0.29, 0.717) is 32.0 Å². The highest BCUT2D eigenvalue weighted by Gasteiger charge is 2.19. The molecule has 0 heterocycles. The lowest BCUT2D eigenvalue weighted by atomic mass is 9.94. The van der Waals surface area contributed by atoms with Gasteiger partial charge in [0.15, 0.2) is 0 Å². The Labute approximate surface area is 337 Å². The minimum absolute atomic E-state index is 0.0200. The van der Waals surface area contributed by atoms with Crippen LogP contribution in [0, 0.1) is 23.2 Å². The second-order valence-corrected chi connectivity index (χ2v) is 16.6. The first-order valence-corrected chi connectivity index (χ1v) is 23.9. The molecule has 0 rings (SSSR count). The number of esters is 2. The first kappa shape index (κ1) is 52.4. The summed E-state index contributed by atoms with van der Waals surface area (Å²) >= 11 is 0. The standard InChI is InChI=1S/C48H92N2O4/c1-5-9-13-17-19-25-35-45(34-24-15-11-7-3)44-54-47(51)38-28-23-31-41-50(42-32-29-39-49)40-30-21-22-33-43-53-48(52)46(36-26-16-12-8-4)37-27-20-18-14-10-6-2/h45-46H,5-38,40-44H2,1-4H3. The molecule has 2 atom stereocenters. The largest absolute Gasteiger partial charge is 0.465 e. The predicted molar refractivity (Wildman–Crippen MR) is 231 cm³/mol. The third kappa shape index (κ3) is 36.1. The molecule has 0 aliphatic rings. The third-order valence-electron chi connectivity index (χ3n) is 11.3. The Hall–Kier alpha value is -1.61. The van der Waals surface area contributed by atoms with E-state index >= 15 is 0 Å². The predicted octanol–water partition coefficient (Wildman–Crippen LogP) is 14.5. The topological polar surface area (TPSA) is 79.6 Å². The van der Waals surface area contributed by atoms with Gasteiger partial charge in [0.05, 0.1) is 25.2 Å². The van der Waals surface area contributed by atoms with Gasteiger partial charge in [-0.3, -0.25) is 9.59 Å². The highest BCUT2D eigenvalue weighted by atomic mass is 16.5. The third-order valence-corrected chi connectivity index (χ3v) is 11.3. The van der Waals surface area contributed by atoms with Gasteiger partial charge in [-0.1, -0.05) is 175 Å². The van der Waals surface area contributed by atoms with Crippen molar-refractivity contribution in [3.05, 3.63) is 0 Å². The Bertz CT molecular complexity index is 843. The van der Waals surface area contributed by atoms with Crippen LogP contribution < -0.4 is 0 Å². The Balaban J connectivity index is 4.38.